The number of aliphatic hydroxyl groups excluding tert-OH is 2. The Morgan fingerprint density at radius 3 is 2.74 bits per heavy atom. The molecule has 4 aliphatic carbocycles. The van der Waals surface area contributed by atoms with E-state index in [0.29, 0.717) is 19.3 Å². The minimum atomic E-state index is -1.92. The summed E-state index contributed by atoms with van der Waals surface area (Å²) < 4.78 is 16.5. The fourth-order valence-corrected chi connectivity index (χ4v) is 6.88. The number of rotatable bonds is 2. The summed E-state index contributed by atoms with van der Waals surface area (Å²) in [6, 6.07) is 0. The van der Waals surface area contributed by atoms with Crippen LogP contribution in [-0.4, -0.2) is 50.9 Å². The van der Waals surface area contributed by atoms with Gasteiger partial charge >= 0.3 is 0 Å². The summed E-state index contributed by atoms with van der Waals surface area (Å²) in [6.07, 6.45) is 4.49. The second-order valence-electron chi connectivity index (χ2n) is 9.16. The van der Waals surface area contributed by atoms with Crippen LogP contribution in [0.1, 0.15) is 39.5 Å². The quantitative estimate of drug-likeness (QED) is 0.677. The molecule has 0 heterocycles. The van der Waals surface area contributed by atoms with Crippen molar-refractivity contribution < 1.29 is 29.3 Å². The molecule has 6 heteroatoms. The molecule has 148 valence electrons. The van der Waals surface area contributed by atoms with Crippen molar-refractivity contribution >= 4 is 11.6 Å². The van der Waals surface area contributed by atoms with Gasteiger partial charge in [0.15, 0.2) is 11.6 Å². The lowest BCUT2D eigenvalue weighted by molar-refractivity contribution is -0.206. The fraction of sp³-hybridized carbons (Fsp3) is 0.714. The summed E-state index contributed by atoms with van der Waals surface area (Å²) in [4.78, 5) is 24.2. The number of hydrogen-bond acceptors (Lipinski definition) is 5. The van der Waals surface area contributed by atoms with Gasteiger partial charge < -0.3 is 15.3 Å². The molecule has 0 aliphatic heterocycles. The van der Waals surface area contributed by atoms with Gasteiger partial charge in [-0.1, -0.05) is 25.5 Å². The molecule has 3 saturated carbocycles. The molecule has 3 fully saturated rings. The Bertz CT molecular complexity index is 760. The third-order valence-corrected chi connectivity index (χ3v) is 8.16. The summed E-state index contributed by atoms with van der Waals surface area (Å²) in [5.41, 5.74) is -3.97. The van der Waals surface area contributed by atoms with Crippen LogP contribution in [0.4, 0.5) is 4.39 Å². The predicted molar refractivity (Wildman–Crippen MR) is 95.3 cm³/mol. The highest BCUT2D eigenvalue weighted by atomic mass is 19.1. The molecule has 27 heavy (non-hydrogen) atoms. The van der Waals surface area contributed by atoms with E-state index in [-0.39, 0.29) is 18.1 Å². The van der Waals surface area contributed by atoms with Crippen molar-refractivity contribution in [1.82, 2.24) is 0 Å². The van der Waals surface area contributed by atoms with E-state index in [1.54, 1.807) is 19.9 Å². The largest absolute Gasteiger partial charge is 0.390 e. The van der Waals surface area contributed by atoms with Crippen LogP contribution in [0.5, 0.6) is 0 Å². The summed E-state index contributed by atoms with van der Waals surface area (Å²) >= 11 is 0. The van der Waals surface area contributed by atoms with Gasteiger partial charge in [-0.2, -0.15) is 0 Å². The van der Waals surface area contributed by atoms with E-state index in [2.05, 4.69) is 0 Å². The number of hydrogen-bond donors (Lipinski definition) is 3. The van der Waals surface area contributed by atoms with Crippen molar-refractivity contribution in [2.24, 2.45) is 29.1 Å². The van der Waals surface area contributed by atoms with Gasteiger partial charge in [-0.05, 0) is 49.7 Å². The van der Waals surface area contributed by atoms with Crippen LogP contribution in [0.3, 0.4) is 0 Å². The highest BCUT2D eigenvalue weighted by Gasteiger charge is 2.73. The van der Waals surface area contributed by atoms with E-state index in [1.165, 1.54) is 12.2 Å². The Labute approximate surface area is 158 Å². The molecular formula is C21H27FO5. The fourth-order valence-electron chi connectivity index (χ4n) is 6.88. The van der Waals surface area contributed by atoms with Gasteiger partial charge in [0, 0.05) is 17.3 Å². The van der Waals surface area contributed by atoms with Gasteiger partial charge in [0.2, 0.25) is 0 Å². The second kappa shape index (κ2) is 5.82. The van der Waals surface area contributed by atoms with E-state index < -0.39 is 52.9 Å². The number of ketones is 2. The summed E-state index contributed by atoms with van der Waals surface area (Å²) in [7, 11) is 0. The van der Waals surface area contributed by atoms with Crippen LogP contribution in [-0.2, 0) is 9.59 Å². The van der Waals surface area contributed by atoms with Crippen LogP contribution in [0.2, 0.25) is 0 Å². The maximum atomic E-state index is 16.5. The van der Waals surface area contributed by atoms with Crippen molar-refractivity contribution in [2.75, 3.05) is 6.61 Å². The van der Waals surface area contributed by atoms with Crippen LogP contribution in [0, 0.1) is 29.1 Å². The van der Waals surface area contributed by atoms with Crippen LogP contribution in [0.25, 0.3) is 0 Å². The maximum Gasteiger partial charge on any atom is 0.190 e. The minimum Gasteiger partial charge on any atom is -0.390 e. The molecule has 4 rings (SSSR count). The van der Waals surface area contributed by atoms with Crippen molar-refractivity contribution in [2.45, 2.75) is 56.9 Å². The molecule has 0 aromatic carbocycles. The Morgan fingerprint density at radius 2 is 2.07 bits per heavy atom. The molecule has 0 aromatic rings. The van der Waals surface area contributed by atoms with Crippen LogP contribution >= 0.6 is 0 Å². The molecule has 0 aromatic heterocycles. The first kappa shape index (κ1) is 19.0. The average molecular weight is 378 g/mol. The van der Waals surface area contributed by atoms with Crippen LogP contribution < -0.4 is 0 Å². The average Bonchev–Trinajstić information content (AvgIpc) is 2.82. The van der Waals surface area contributed by atoms with E-state index >= 15 is 4.39 Å². The molecule has 8 atom stereocenters. The van der Waals surface area contributed by atoms with Gasteiger partial charge in [0.05, 0.1) is 6.10 Å². The number of carbonyl (C=O) groups excluding carboxylic acids is 2. The highest BCUT2D eigenvalue weighted by Crippen LogP contribution is 2.68. The van der Waals surface area contributed by atoms with Crippen molar-refractivity contribution in [3.63, 3.8) is 0 Å². The first-order valence-electron chi connectivity index (χ1n) is 9.76. The Balaban J connectivity index is 1.79. The summed E-state index contributed by atoms with van der Waals surface area (Å²) in [5.74, 6) is -2.69. The molecule has 0 saturated heterocycles. The van der Waals surface area contributed by atoms with Crippen molar-refractivity contribution in [1.29, 1.82) is 0 Å². The third kappa shape index (κ3) is 2.15. The van der Waals surface area contributed by atoms with E-state index in [0.717, 1.165) is 5.57 Å². The molecule has 0 radical (unpaired) electrons. The standard InChI is InChI=1S/C21H27FO5/c1-11-7-16-15-5-3-12-8-13(24)4-6-14(12)20(15,22)17(25)9-19(16,2)21(11,27)18(26)10-23/h4,6,8,11,14-17,23,25,27H,3,5,7,9-10H2,1-2H3/t11-,14?,15-,16-,17-,19-,20-,21-/m0/s1. The van der Waals surface area contributed by atoms with Crippen LogP contribution in [0.15, 0.2) is 23.8 Å². The number of Topliss-reactive ketones (excluding diaryl/α,β-unsaturated/α-hetero) is 1. The van der Waals surface area contributed by atoms with E-state index in [4.69, 9.17) is 0 Å². The first-order chi connectivity index (χ1) is 12.6. The highest BCUT2D eigenvalue weighted by molar-refractivity contribution is 6.01. The summed E-state index contributed by atoms with van der Waals surface area (Å²) in [6.45, 7) is 2.74. The monoisotopic (exact) mass is 378 g/mol. The molecular weight excluding hydrogens is 351 g/mol. The lowest BCUT2D eigenvalue weighted by Gasteiger charge is -2.59. The minimum absolute atomic E-state index is 0.0528. The maximum absolute atomic E-state index is 16.5. The van der Waals surface area contributed by atoms with E-state index in [1.807, 2.05) is 0 Å². The zero-order valence-corrected chi connectivity index (χ0v) is 15.7. The van der Waals surface area contributed by atoms with Gasteiger partial charge in [0.1, 0.15) is 17.9 Å². The number of aliphatic hydroxyl groups is 3. The molecule has 3 N–H and O–H groups in total. The molecule has 1 unspecified atom stereocenters. The number of halogens is 1. The van der Waals surface area contributed by atoms with Gasteiger partial charge in [-0.3, -0.25) is 9.59 Å². The van der Waals surface area contributed by atoms with E-state index in [9.17, 15) is 24.9 Å². The topological polar surface area (TPSA) is 94.8 Å². The number of alkyl halides is 1. The first-order valence-corrected chi connectivity index (χ1v) is 9.76. The summed E-state index contributed by atoms with van der Waals surface area (Å²) in [5, 5.41) is 31.7. The molecule has 0 amide bonds. The zero-order valence-electron chi connectivity index (χ0n) is 15.7. The smallest absolute Gasteiger partial charge is 0.190 e. The SMILES string of the molecule is C[C@H]1C[C@H]2[C@@H]3CCC4=CC(=O)C=CC4[C@@]3(F)[C@@H](O)C[C@]2(C)[C@@]1(O)C(=O)CO. The lowest BCUT2D eigenvalue weighted by atomic mass is 9.48. The van der Waals surface area contributed by atoms with Gasteiger partial charge in [-0.15, -0.1) is 0 Å². The number of fused-ring (bicyclic) bond motifs is 5. The van der Waals surface area contributed by atoms with Gasteiger partial charge in [-0.25, -0.2) is 4.39 Å². The number of carbonyl (C=O) groups is 2. The Hall–Kier alpha value is -1.37. The van der Waals surface area contributed by atoms with Crippen molar-refractivity contribution in [3.8, 4) is 0 Å². The predicted octanol–water partition coefficient (Wildman–Crippen LogP) is 1.51. The van der Waals surface area contributed by atoms with Gasteiger partial charge in [0.25, 0.3) is 0 Å². The zero-order chi connectivity index (χ0) is 19.8. The second-order valence-corrected chi connectivity index (χ2v) is 9.16. The molecule has 0 bridgehead atoms. The molecule has 0 spiro atoms. The molecule has 4 aliphatic rings. The van der Waals surface area contributed by atoms with Crippen molar-refractivity contribution in [3.05, 3.63) is 23.8 Å². The normalized spacial score (nSPS) is 51.3. The lowest BCUT2D eigenvalue weighted by Crippen LogP contribution is -2.67. The number of allylic oxidation sites excluding steroid dienone is 4. The molecule has 5 nitrogen and oxygen atoms in total. The Morgan fingerprint density at radius 1 is 1.37 bits per heavy atom. The third-order valence-electron chi connectivity index (χ3n) is 8.16. The Kier molecular flexibility index (Phi) is 4.09.